The summed E-state index contributed by atoms with van der Waals surface area (Å²) in [5.41, 5.74) is 2.74. The molecule has 2 amide bonds. The van der Waals surface area contributed by atoms with E-state index in [1.807, 2.05) is 45.0 Å². The van der Waals surface area contributed by atoms with Gasteiger partial charge in [-0.1, -0.05) is 26.0 Å². The van der Waals surface area contributed by atoms with Gasteiger partial charge in [-0.3, -0.25) is 9.59 Å². The molecule has 0 aliphatic heterocycles. The third-order valence-electron chi connectivity index (χ3n) is 6.46. The average Bonchev–Trinajstić information content (AvgIpc) is 2.91. The molecule has 0 saturated carbocycles. The Morgan fingerprint density at radius 3 is 2.07 bits per heavy atom. The summed E-state index contributed by atoms with van der Waals surface area (Å²) in [5, 5.41) is 14.1. The van der Waals surface area contributed by atoms with Crippen molar-refractivity contribution >= 4 is 34.4 Å². The van der Waals surface area contributed by atoms with Crippen LogP contribution in [0.1, 0.15) is 64.1 Å². The van der Waals surface area contributed by atoms with E-state index in [4.69, 9.17) is 0 Å². The standard InChI is InChI=1S/C32H38F2IN3O3/c1-4-9-37(10-5-2)31(40)25-11-22(3)12-26(16-25)32(41)38(20-24-13-27(33)17-28(34)14-24)21-30(39)19-36-18-23-7-6-8-29(35)15-23/h6-8,11-17,30,36,39H,4-5,9-10,18-21H2,1-3H3/t30-/m1/s1. The van der Waals surface area contributed by atoms with Crippen molar-refractivity contribution < 1.29 is 23.5 Å². The number of hydrogen-bond donors (Lipinski definition) is 2. The van der Waals surface area contributed by atoms with Gasteiger partial charge in [0.2, 0.25) is 0 Å². The molecule has 0 aliphatic carbocycles. The van der Waals surface area contributed by atoms with Crippen LogP contribution in [0, 0.1) is 22.1 Å². The second-order valence-electron chi connectivity index (χ2n) is 10.3. The molecule has 3 aromatic rings. The summed E-state index contributed by atoms with van der Waals surface area (Å²) in [5.74, 6) is -2.09. The van der Waals surface area contributed by atoms with E-state index in [2.05, 4.69) is 27.9 Å². The molecule has 2 N–H and O–H groups in total. The Bertz CT molecular complexity index is 1310. The van der Waals surface area contributed by atoms with Crippen LogP contribution in [0.3, 0.4) is 0 Å². The number of aliphatic hydroxyl groups excluding tert-OH is 1. The van der Waals surface area contributed by atoms with Gasteiger partial charge in [0, 0.05) is 60.0 Å². The molecule has 0 fully saturated rings. The lowest BCUT2D eigenvalue weighted by molar-refractivity contribution is 0.0603. The number of carbonyl (C=O) groups excluding carboxylic acids is 2. The van der Waals surface area contributed by atoms with Crippen LogP contribution in [0.4, 0.5) is 8.78 Å². The normalized spacial score (nSPS) is 11.8. The number of aryl methyl sites for hydroxylation is 1. The molecule has 3 aromatic carbocycles. The maximum Gasteiger partial charge on any atom is 0.254 e. The Kier molecular flexibility index (Phi) is 12.7. The lowest BCUT2D eigenvalue weighted by Gasteiger charge is -2.27. The summed E-state index contributed by atoms with van der Waals surface area (Å²) < 4.78 is 29.0. The first-order valence-corrected chi connectivity index (χ1v) is 15.0. The summed E-state index contributed by atoms with van der Waals surface area (Å²) in [6.45, 7) is 7.60. The topological polar surface area (TPSA) is 72.9 Å². The molecule has 0 radical (unpaired) electrons. The van der Waals surface area contributed by atoms with Gasteiger partial charge in [-0.2, -0.15) is 0 Å². The van der Waals surface area contributed by atoms with Crippen molar-refractivity contribution in [3.63, 3.8) is 0 Å². The molecule has 41 heavy (non-hydrogen) atoms. The number of carbonyl (C=O) groups is 2. The Labute approximate surface area is 254 Å². The van der Waals surface area contributed by atoms with Crippen LogP contribution in [-0.2, 0) is 13.1 Å². The third kappa shape index (κ3) is 10.2. The first-order chi connectivity index (χ1) is 19.6. The highest BCUT2D eigenvalue weighted by Gasteiger charge is 2.23. The number of hydrogen-bond acceptors (Lipinski definition) is 4. The van der Waals surface area contributed by atoms with Crippen LogP contribution in [0.5, 0.6) is 0 Å². The fraction of sp³-hybridized carbons (Fsp3) is 0.375. The quantitative estimate of drug-likeness (QED) is 0.208. The Balaban J connectivity index is 1.83. The Morgan fingerprint density at radius 1 is 0.878 bits per heavy atom. The lowest BCUT2D eigenvalue weighted by Crippen LogP contribution is -2.41. The SMILES string of the molecule is CCCN(CCC)C(=O)c1cc(C)cc(C(=O)N(Cc2cc(F)cc(F)c2)C[C@H](O)CNCc2cccc(I)c2)c1. The minimum absolute atomic E-state index is 0.0781. The molecule has 6 nitrogen and oxygen atoms in total. The lowest BCUT2D eigenvalue weighted by atomic mass is 10.0. The highest BCUT2D eigenvalue weighted by atomic mass is 127. The van der Waals surface area contributed by atoms with Crippen molar-refractivity contribution in [2.75, 3.05) is 26.2 Å². The number of nitrogens with one attached hydrogen (secondary N) is 1. The van der Waals surface area contributed by atoms with Crippen molar-refractivity contribution in [3.8, 4) is 0 Å². The Morgan fingerprint density at radius 2 is 1.49 bits per heavy atom. The summed E-state index contributed by atoms with van der Waals surface area (Å²) >= 11 is 2.24. The molecule has 0 saturated heterocycles. The molecule has 3 rings (SSSR count). The Hall–Kier alpha value is -2.89. The monoisotopic (exact) mass is 677 g/mol. The molecule has 0 spiro atoms. The van der Waals surface area contributed by atoms with E-state index in [0.717, 1.165) is 33.6 Å². The number of halogens is 3. The first-order valence-electron chi connectivity index (χ1n) is 13.9. The van der Waals surface area contributed by atoms with Crippen LogP contribution in [-0.4, -0.2) is 59.0 Å². The zero-order valence-corrected chi connectivity index (χ0v) is 26.0. The zero-order chi connectivity index (χ0) is 29.9. The van der Waals surface area contributed by atoms with E-state index >= 15 is 0 Å². The molecule has 0 aromatic heterocycles. The van der Waals surface area contributed by atoms with Gasteiger partial charge < -0.3 is 20.2 Å². The molecule has 9 heteroatoms. The third-order valence-corrected chi connectivity index (χ3v) is 7.13. The molecule has 0 heterocycles. The zero-order valence-electron chi connectivity index (χ0n) is 23.8. The van der Waals surface area contributed by atoms with Gasteiger partial charge >= 0.3 is 0 Å². The van der Waals surface area contributed by atoms with Crippen LogP contribution < -0.4 is 5.32 Å². The maximum absolute atomic E-state index is 14.0. The van der Waals surface area contributed by atoms with E-state index in [0.29, 0.717) is 25.2 Å². The van der Waals surface area contributed by atoms with Gasteiger partial charge in [-0.25, -0.2) is 8.78 Å². The van der Waals surface area contributed by atoms with E-state index in [1.54, 1.807) is 23.1 Å². The summed E-state index contributed by atoms with van der Waals surface area (Å²) in [4.78, 5) is 30.3. The highest BCUT2D eigenvalue weighted by molar-refractivity contribution is 14.1. The first kappa shape index (κ1) is 32.6. The van der Waals surface area contributed by atoms with E-state index in [9.17, 15) is 23.5 Å². The van der Waals surface area contributed by atoms with Gasteiger partial charge in [0.25, 0.3) is 11.8 Å². The molecule has 220 valence electrons. The van der Waals surface area contributed by atoms with Crippen molar-refractivity contribution in [1.82, 2.24) is 15.1 Å². The number of nitrogens with zero attached hydrogens (tertiary/aromatic N) is 2. The maximum atomic E-state index is 14.0. The molecule has 0 bridgehead atoms. The predicted octanol–water partition coefficient (Wildman–Crippen LogP) is 5.93. The molecular weight excluding hydrogens is 639 g/mol. The van der Waals surface area contributed by atoms with Gasteiger partial charge in [-0.05, 0) is 102 Å². The van der Waals surface area contributed by atoms with Crippen LogP contribution >= 0.6 is 22.6 Å². The average molecular weight is 678 g/mol. The minimum atomic E-state index is -0.948. The van der Waals surface area contributed by atoms with Crippen molar-refractivity contribution in [2.45, 2.75) is 52.8 Å². The van der Waals surface area contributed by atoms with Crippen molar-refractivity contribution in [1.29, 1.82) is 0 Å². The summed E-state index contributed by atoms with van der Waals surface area (Å²) in [6, 6.07) is 16.1. The van der Waals surface area contributed by atoms with E-state index in [1.165, 1.54) is 17.0 Å². The molecule has 0 unspecified atom stereocenters. The minimum Gasteiger partial charge on any atom is -0.390 e. The largest absolute Gasteiger partial charge is 0.390 e. The van der Waals surface area contributed by atoms with Crippen molar-refractivity contribution in [2.24, 2.45) is 0 Å². The second-order valence-corrected chi connectivity index (χ2v) is 11.5. The van der Waals surface area contributed by atoms with E-state index in [-0.39, 0.29) is 36.7 Å². The summed E-state index contributed by atoms with van der Waals surface area (Å²) in [6.07, 6.45) is 0.684. The molecular formula is C32H38F2IN3O3. The van der Waals surface area contributed by atoms with Crippen LogP contribution in [0.15, 0.2) is 60.7 Å². The molecule has 1 atom stereocenters. The van der Waals surface area contributed by atoms with Gasteiger partial charge in [0.05, 0.1) is 6.10 Å². The van der Waals surface area contributed by atoms with Crippen LogP contribution in [0.2, 0.25) is 0 Å². The summed E-state index contributed by atoms with van der Waals surface area (Å²) in [7, 11) is 0. The van der Waals surface area contributed by atoms with E-state index < -0.39 is 23.6 Å². The fourth-order valence-electron chi connectivity index (χ4n) is 4.74. The smallest absolute Gasteiger partial charge is 0.254 e. The number of benzene rings is 3. The number of rotatable bonds is 14. The highest BCUT2D eigenvalue weighted by Crippen LogP contribution is 2.18. The number of amides is 2. The van der Waals surface area contributed by atoms with Gasteiger partial charge in [-0.15, -0.1) is 0 Å². The molecule has 0 aliphatic rings. The fourth-order valence-corrected chi connectivity index (χ4v) is 5.35. The van der Waals surface area contributed by atoms with Crippen LogP contribution in [0.25, 0.3) is 0 Å². The van der Waals surface area contributed by atoms with Gasteiger partial charge in [0.15, 0.2) is 0 Å². The van der Waals surface area contributed by atoms with Crippen molar-refractivity contribution in [3.05, 3.63) is 104 Å². The number of aliphatic hydroxyl groups is 1. The predicted molar refractivity (Wildman–Crippen MR) is 166 cm³/mol. The second kappa shape index (κ2) is 15.9. The van der Waals surface area contributed by atoms with Gasteiger partial charge in [0.1, 0.15) is 11.6 Å².